The van der Waals surface area contributed by atoms with Gasteiger partial charge < -0.3 is 15.7 Å². The van der Waals surface area contributed by atoms with Crippen molar-refractivity contribution in [1.82, 2.24) is 20.4 Å². The molecule has 132 valence electrons. The van der Waals surface area contributed by atoms with Gasteiger partial charge in [-0.05, 0) is 18.6 Å². The molecule has 6 nitrogen and oxygen atoms in total. The first kappa shape index (κ1) is 20.4. The van der Waals surface area contributed by atoms with E-state index in [9.17, 15) is 5.11 Å². The molecule has 0 radical (unpaired) electrons. The molecule has 0 fully saturated rings. The molecule has 0 aliphatic heterocycles. The molecule has 1 unspecified atom stereocenters. The first-order valence-electron chi connectivity index (χ1n) is 7.89. The molecule has 1 heterocycles. The molecule has 3 N–H and O–H groups in total. The molecule has 0 saturated heterocycles. The third kappa shape index (κ3) is 6.12. The predicted molar refractivity (Wildman–Crippen MR) is 108 cm³/mol. The summed E-state index contributed by atoms with van der Waals surface area (Å²) in [7, 11) is 1.91. The molecule has 1 aromatic carbocycles. The van der Waals surface area contributed by atoms with E-state index >= 15 is 0 Å². The molecule has 0 amide bonds. The standard InChI is InChI=1S/C17H25N5O.HI/c1-3-18-17(20-12-16-9-10-21-22(16)2)19-11-15(13-23)14-7-5-4-6-8-14;/h4-10,15,23H,3,11-13H2,1-2H3,(H2,18,19,20);1H. The molecule has 0 bridgehead atoms. The Hall–Kier alpha value is -1.61. The Morgan fingerprint density at radius 1 is 1.25 bits per heavy atom. The summed E-state index contributed by atoms with van der Waals surface area (Å²) >= 11 is 0. The normalized spacial score (nSPS) is 12.4. The zero-order chi connectivity index (χ0) is 16.5. The van der Waals surface area contributed by atoms with E-state index in [1.54, 1.807) is 6.20 Å². The fourth-order valence-electron chi connectivity index (χ4n) is 2.29. The van der Waals surface area contributed by atoms with Crippen LogP contribution in [0.5, 0.6) is 0 Å². The minimum Gasteiger partial charge on any atom is -0.396 e. The first-order chi connectivity index (χ1) is 11.2. The summed E-state index contributed by atoms with van der Waals surface area (Å²) < 4.78 is 1.81. The number of nitrogens with one attached hydrogen (secondary N) is 2. The SMILES string of the molecule is CCNC(=NCc1ccnn1C)NCC(CO)c1ccccc1.I. The van der Waals surface area contributed by atoms with E-state index in [0.717, 1.165) is 23.8 Å². The molecular formula is C17H26IN5O. The van der Waals surface area contributed by atoms with Gasteiger partial charge >= 0.3 is 0 Å². The lowest BCUT2D eigenvalue weighted by Crippen LogP contribution is -2.40. The van der Waals surface area contributed by atoms with Crippen LogP contribution >= 0.6 is 24.0 Å². The van der Waals surface area contributed by atoms with Crippen LogP contribution in [-0.4, -0.2) is 40.5 Å². The monoisotopic (exact) mass is 443 g/mol. The highest BCUT2D eigenvalue weighted by Crippen LogP contribution is 2.13. The number of aliphatic hydroxyl groups excluding tert-OH is 1. The number of aliphatic hydroxyl groups is 1. The van der Waals surface area contributed by atoms with Crippen molar-refractivity contribution in [1.29, 1.82) is 0 Å². The van der Waals surface area contributed by atoms with Crippen LogP contribution in [0.1, 0.15) is 24.1 Å². The number of halogens is 1. The van der Waals surface area contributed by atoms with Crippen molar-refractivity contribution in [2.75, 3.05) is 19.7 Å². The number of aryl methyl sites for hydroxylation is 1. The molecular weight excluding hydrogens is 417 g/mol. The first-order valence-corrected chi connectivity index (χ1v) is 7.89. The van der Waals surface area contributed by atoms with Gasteiger partial charge in [-0.25, -0.2) is 4.99 Å². The summed E-state index contributed by atoms with van der Waals surface area (Å²) in [6.07, 6.45) is 1.77. The van der Waals surface area contributed by atoms with Crippen molar-refractivity contribution in [2.45, 2.75) is 19.4 Å². The topological polar surface area (TPSA) is 74.5 Å². The number of nitrogens with zero attached hydrogens (tertiary/aromatic N) is 3. The van der Waals surface area contributed by atoms with Crippen molar-refractivity contribution in [2.24, 2.45) is 12.0 Å². The number of hydrogen-bond acceptors (Lipinski definition) is 3. The van der Waals surface area contributed by atoms with Gasteiger partial charge in [0.1, 0.15) is 0 Å². The van der Waals surface area contributed by atoms with Crippen LogP contribution in [0.2, 0.25) is 0 Å². The quantitative estimate of drug-likeness (QED) is 0.347. The van der Waals surface area contributed by atoms with Gasteiger partial charge in [0.2, 0.25) is 0 Å². The van der Waals surface area contributed by atoms with Crippen LogP contribution < -0.4 is 10.6 Å². The minimum atomic E-state index is 0. The molecule has 0 aliphatic rings. The van der Waals surface area contributed by atoms with Crippen molar-refractivity contribution in [3.8, 4) is 0 Å². The maximum absolute atomic E-state index is 9.63. The lowest BCUT2D eigenvalue weighted by atomic mass is 10.0. The van der Waals surface area contributed by atoms with Crippen molar-refractivity contribution >= 4 is 29.9 Å². The fraction of sp³-hybridized carbons (Fsp3) is 0.412. The molecule has 24 heavy (non-hydrogen) atoms. The summed E-state index contributed by atoms with van der Waals surface area (Å²) in [5.41, 5.74) is 2.16. The average molecular weight is 443 g/mol. The van der Waals surface area contributed by atoms with Crippen molar-refractivity contribution in [3.05, 3.63) is 53.9 Å². The number of aromatic nitrogens is 2. The van der Waals surface area contributed by atoms with E-state index in [1.165, 1.54) is 0 Å². The Balaban J connectivity index is 0.00000288. The Morgan fingerprint density at radius 3 is 2.58 bits per heavy atom. The number of guanidine groups is 1. The summed E-state index contributed by atoms with van der Waals surface area (Å²) in [5.74, 6) is 0.778. The lowest BCUT2D eigenvalue weighted by Gasteiger charge is -2.18. The second kappa shape index (κ2) is 11.0. The second-order valence-corrected chi connectivity index (χ2v) is 5.31. The fourth-order valence-corrected chi connectivity index (χ4v) is 2.29. The van der Waals surface area contributed by atoms with Crippen LogP contribution in [0.3, 0.4) is 0 Å². The molecule has 1 atom stereocenters. The minimum absolute atomic E-state index is 0. The maximum Gasteiger partial charge on any atom is 0.191 e. The number of benzene rings is 1. The highest BCUT2D eigenvalue weighted by atomic mass is 127. The van der Waals surface area contributed by atoms with Crippen LogP contribution in [0.15, 0.2) is 47.6 Å². The van der Waals surface area contributed by atoms with Gasteiger partial charge in [0.15, 0.2) is 5.96 Å². The molecule has 7 heteroatoms. The van der Waals surface area contributed by atoms with E-state index in [1.807, 2.05) is 55.1 Å². The maximum atomic E-state index is 9.63. The molecule has 2 aromatic rings. The Morgan fingerprint density at radius 2 is 2.00 bits per heavy atom. The van der Waals surface area contributed by atoms with Gasteiger partial charge in [-0.3, -0.25) is 4.68 Å². The van der Waals surface area contributed by atoms with Gasteiger partial charge in [0, 0.05) is 32.3 Å². The number of rotatable bonds is 7. The number of hydrogen-bond donors (Lipinski definition) is 3. The Labute approximate surface area is 160 Å². The summed E-state index contributed by atoms with van der Waals surface area (Å²) in [6, 6.07) is 12.0. The van der Waals surface area contributed by atoms with Gasteiger partial charge in [0.05, 0.1) is 18.8 Å². The van der Waals surface area contributed by atoms with Crippen LogP contribution in [0.25, 0.3) is 0 Å². The van der Waals surface area contributed by atoms with Crippen molar-refractivity contribution < 1.29 is 5.11 Å². The molecule has 0 spiro atoms. The zero-order valence-corrected chi connectivity index (χ0v) is 16.5. The van der Waals surface area contributed by atoms with E-state index in [2.05, 4.69) is 20.7 Å². The lowest BCUT2D eigenvalue weighted by molar-refractivity contribution is 0.265. The third-order valence-electron chi connectivity index (χ3n) is 3.67. The zero-order valence-electron chi connectivity index (χ0n) is 14.1. The van der Waals surface area contributed by atoms with Gasteiger partial charge in [-0.2, -0.15) is 5.10 Å². The highest BCUT2D eigenvalue weighted by molar-refractivity contribution is 14.0. The largest absolute Gasteiger partial charge is 0.396 e. The van der Waals surface area contributed by atoms with Gasteiger partial charge in [-0.1, -0.05) is 30.3 Å². The summed E-state index contributed by atoms with van der Waals surface area (Å²) in [4.78, 5) is 4.57. The molecule has 2 rings (SSSR count). The van der Waals surface area contributed by atoms with Gasteiger partial charge in [-0.15, -0.1) is 24.0 Å². The smallest absolute Gasteiger partial charge is 0.191 e. The third-order valence-corrected chi connectivity index (χ3v) is 3.67. The second-order valence-electron chi connectivity index (χ2n) is 5.31. The average Bonchev–Trinajstić information content (AvgIpc) is 2.99. The summed E-state index contributed by atoms with van der Waals surface area (Å²) in [5, 5.41) is 20.3. The van der Waals surface area contributed by atoms with Crippen LogP contribution in [0.4, 0.5) is 0 Å². The highest BCUT2D eigenvalue weighted by Gasteiger charge is 2.10. The molecule has 0 aliphatic carbocycles. The number of aliphatic imine (C=N–C) groups is 1. The Bertz CT molecular complexity index is 614. The van der Waals surface area contributed by atoms with E-state index < -0.39 is 0 Å². The van der Waals surface area contributed by atoms with Gasteiger partial charge in [0.25, 0.3) is 0 Å². The van der Waals surface area contributed by atoms with E-state index in [4.69, 9.17) is 0 Å². The van der Waals surface area contributed by atoms with E-state index in [-0.39, 0.29) is 36.5 Å². The molecule has 0 saturated carbocycles. The predicted octanol–water partition coefficient (Wildman–Crippen LogP) is 1.87. The molecule has 1 aromatic heterocycles. The summed E-state index contributed by atoms with van der Waals surface area (Å²) in [6.45, 7) is 4.09. The Kier molecular flexibility index (Phi) is 9.39. The van der Waals surface area contributed by atoms with Crippen LogP contribution in [-0.2, 0) is 13.6 Å². The van der Waals surface area contributed by atoms with Crippen LogP contribution in [0, 0.1) is 0 Å². The van der Waals surface area contributed by atoms with Crippen molar-refractivity contribution in [3.63, 3.8) is 0 Å². The van der Waals surface area contributed by atoms with E-state index in [0.29, 0.717) is 13.1 Å².